The van der Waals surface area contributed by atoms with Crippen LogP contribution in [0.1, 0.15) is 56.4 Å². The molecule has 0 radical (unpaired) electrons. The van der Waals surface area contributed by atoms with E-state index in [1.807, 2.05) is 17.5 Å². The lowest BCUT2D eigenvalue weighted by Gasteiger charge is -2.51. The highest BCUT2D eigenvalue weighted by Crippen LogP contribution is 2.61. The zero-order valence-corrected chi connectivity index (χ0v) is 18.1. The highest BCUT2D eigenvalue weighted by atomic mass is 32.2. The Kier molecular flexibility index (Phi) is 5.20. The van der Waals surface area contributed by atoms with Crippen LogP contribution in [0.25, 0.3) is 11.1 Å². The van der Waals surface area contributed by atoms with Gasteiger partial charge in [-0.3, -0.25) is 4.98 Å². The topological polar surface area (TPSA) is 51.3 Å². The number of amidine groups is 1. The van der Waals surface area contributed by atoms with E-state index in [4.69, 9.17) is 5.73 Å². The van der Waals surface area contributed by atoms with Gasteiger partial charge < -0.3 is 5.73 Å². The van der Waals surface area contributed by atoms with Gasteiger partial charge in [0.1, 0.15) is 0 Å². The van der Waals surface area contributed by atoms with Crippen molar-refractivity contribution >= 4 is 28.3 Å². The average molecular weight is 432 g/mol. The van der Waals surface area contributed by atoms with Crippen molar-refractivity contribution in [1.29, 1.82) is 0 Å². The summed E-state index contributed by atoms with van der Waals surface area (Å²) in [6.07, 6.45) is 6.96. The van der Waals surface area contributed by atoms with E-state index in [0.29, 0.717) is 17.7 Å². The van der Waals surface area contributed by atoms with Crippen molar-refractivity contribution < 1.29 is 8.78 Å². The number of nitrogens with two attached hydrogens (primary N) is 1. The maximum atomic E-state index is 16.0. The number of aromatic nitrogens is 1. The molecule has 29 heavy (non-hydrogen) atoms. The second-order valence-corrected chi connectivity index (χ2v) is 10.1. The van der Waals surface area contributed by atoms with E-state index in [1.165, 1.54) is 18.3 Å². The summed E-state index contributed by atoms with van der Waals surface area (Å²) < 4.78 is 30.9. The number of thioether (sulfide) groups is 1. The minimum atomic E-state index is -3.00. The summed E-state index contributed by atoms with van der Waals surface area (Å²) in [5.41, 5.74) is 6.93. The van der Waals surface area contributed by atoms with Gasteiger partial charge in [-0.25, -0.2) is 13.8 Å². The van der Waals surface area contributed by atoms with Gasteiger partial charge >= 0.3 is 0 Å². The standard InChI is InChI=1S/C22H23F2N3S2/c1-3-7-15-10-16(13-26-12-15)17-11-18(28-14-17)20(2)22(23,24)21(29-19(25)27-20)8-5-4-6-9-21/h10-14H,4-6,8-9H2,1-2H3,(H2,25,27). The fraction of sp³-hybridized carbons (Fsp3) is 0.455. The summed E-state index contributed by atoms with van der Waals surface area (Å²) in [5, 5.41) is 2.15. The highest BCUT2D eigenvalue weighted by Gasteiger charge is 2.68. The Morgan fingerprint density at radius 3 is 2.59 bits per heavy atom. The van der Waals surface area contributed by atoms with Crippen LogP contribution < -0.4 is 5.73 Å². The molecule has 0 amide bonds. The van der Waals surface area contributed by atoms with Crippen LogP contribution in [0.15, 0.2) is 34.9 Å². The van der Waals surface area contributed by atoms with Crippen LogP contribution in [0.5, 0.6) is 0 Å². The van der Waals surface area contributed by atoms with Gasteiger partial charge in [0, 0.05) is 28.4 Å². The monoisotopic (exact) mass is 431 g/mol. The quantitative estimate of drug-likeness (QED) is 0.612. The molecule has 4 rings (SSSR count). The summed E-state index contributed by atoms with van der Waals surface area (Å²) in [6.45, 7) is 3.30. The molecule has 1 fully saturated rings. The number of hydrogen-bond donors (Lipinski definition) is 1. The second-order valence-electron chi connectivity index (χ2n) is 7.79. The van der Waals surface area contributed by atoms with Gasteiger partial charge in [0.05, 0.1) is 4.75 Å². The molecule has 2 aliphatic rings. The number of rotatable bonds is 2. The van der Waals surface area contributed by atoms with E-state index in [-0.39, 0.29) is 5.17 Å². The van der Waals surface area contributed by atoms with Gasteiger partial charge in [-0.15, -0.1) is 17.3 Å². The Bertz CT molecular complexity index is 1010. The fourth-order valence-corrected chi connectivity index (χ4v) is 6.83. The third-order valence-corrected chi connectivity index (χ3v) is 8.40. The lowest BCUT2D eigenvalue weighted by atomic mass is 9.75. The van der Waals surface area contributed by atoms with Gasteiger partial charge in [0.25, 0.3) is 5.92 Å². The third kappa shape index (κ3) is 3.27. The van der Waals surface area contributed by atoms with Crippen molar-refractivity contribution in [2.75, 3.05) is 0 Å². The summed E-state index contributed by atoms with van der Waals surface area (Å²) in [6, 6.07) is 3.73. The first-order valence-corrected chi connectivity index (χ1v) is 11.4. The Morgan fingerprint density at radius 1 is 1.10 bits per heavy atom. The number of thiophene rings is 1. The normalized spacial score (nSPS) is 25.2. The first kappa shape index (κ1) is 20.4. The number of halogens is 2. The van der Waals surface area contributed by atoms with E-state index in [2.05, 4.69) is 21.8 Å². The van der Waals surface area contributed by atoms with Gasteiger partial charge in [-0.2, -0.15) is 0 Å². The summed E-state index contributed by atoms with van der Waals surface area (Å²) in [4.78, 5) is 9.08. The zero-order valence-electron chi connectivity index (χ0n) is 16.5. The Balaban J connectivity index is 1.76. The lowest BCUT2D eigenvalue weighted by Crippen LogP contribution is -2.61. The molecule has 3 heterocycles. The Labute approximate surface area is 178 Å². The van der Waals surface area contributed by atoms with E-state index in [1.54, 1.807) is 19.3 Å². The SMILES string of the molecule is CC#Cc1cncc(-c2csc(C3(C)N=C(N)SC4(CCCCC4)C3(F)F)c2)c1. The van der Waals surface area contributed by atoms with Gasteiger partial charge in [0.15, 0.2) is 10.7 Å². The first-order chi connectivity index (χ1) is 13.8. The molecular formula is C22H23F2N3S2. The van der Waals surface area contributed by atoms with Crippen LogP contribution in [0.4, 0.5) is 8.78 Å². The number of hydrogen-bond acceptors (Lipinski definition) is 5. The molecule has 1 atom stereocenters. The Hall–Kier alpha value is -1.91. The largest absolute Gasteiger partial charge is 0.378 e. The number of pyridine rings is 1. The van der Waals surface area contributed by atoms with Crippen molar-refractivity contribution in [3.05, 3.63) is 40.3 Å². The third-order valence-electron chi connectivity index (χ3n) is 5.90. The molecule has 0 bridgehead atoms. The summed E-state index contributed by atoms with van der Waals surface area (Å²) in [5.74, 6) is 2.84. The molecule has 1 aliphatic carbocycles. The number of nitrogens with zero attached hydrogens (tertiary/aromatic N) is 2. The molecule has 1 spiro atoms. The van der Waals surface area contributed by atoms with Crippen LogP contribution in [0, 0.1) is 11.8 Å². The predicted molar refractivity (Wildman–Crippen MR) is 117 cm³/mol. The van der Waals surface area contributed by atoms with Crippen LogP contribution in [0.2, 0.25) is 0 Å². The van der Waals surface area contributed by atoms with Crippen molar-refractivity contribution in [2.45, 2.75) is 62.2 Å². The van der Waals surface area contributed by atoms with Crippen molar-refractivity contribution in [3.63, 3.8) is 0 Å². The average Bonchev–Trinajstić information content (AvgIpc) is 3.19. The molecule has 2 aromatic heterocycles. The zero-order chi connectivity index (χ0) is 20.7. The molecule has 7 heteroatoms. The maximum Gasteiger partial charge on any atom is 0.292 e. The van der Waals surface area contributed by atoms with Gasteiger partial charge in [-0.1, -0.05) is 36.9 Å². The van der Waals surface area contributed by atoms with Crippen LogP contribution in [0.3, 0.4) is 0 Å². The van der Waals surface area contributed by atoms with Gasteiger partial charge in [0.2, 0.25) is 0 Å². The summed E-state index contributed by atoms with van der Waals surface area (Å²) >= 11 is 2.39. The van der Waals surface area contributed by atoms with Gasteiger partial charge in [-0.05, 0) is 49.8 Å². The molecular weight excluding hydrogens is 408 g/mol. The van der Waals surface area contributed by atoms with Crippen LogP contribution in [-0.4, -0.2) is 20.8 Å². The number of alkyl halides is 2. The molecule has 152 valence electrons. The van der Waals surface area contributed by atoms with Crippen LogP contribution in [-0.2, 0) is 5.54 Å². The molecule has 0 saturated heterocycles. The van der Waals surface area contributed by atoms with E-state index < -0.39 is 16.2 Å². The molecule has 0 aromatic carbocycles. The summed E-state index contributed by atoms with van der Waals surface area (Å²) in [7, 11) is 0. The Morgan fingerprint density at radius 2 is 1.86 bits per heavy atom. The molecule has 1 saturated carbocycles. The lowest BCUT2D eigenvalue weighted by molar-refractivity contribution is -0.112. The van der Waals surface area contributed by atoms with Crippen molar-refractivity contribution in [3.8, 4) is 23.0 Å². The minimum Gasteiger partial charge on any atom is -0.378 e. The maximum absolute atomic E-state index is 16.0. The highest BCUT2D eigenvalue weighted by molar-refractivity contribution is 8.15. The van der Waals surface area contributed by atoms with Crippen molar-refractivity contribution in [2.24, 2.45) is 10.7 Å². The van der Waals surface area contributed by atoms with E-state index >= 15 is 8.78 Å². The smallest absolute Gasteiger partial charge is 0.292 e. The second kappa shape index (κ2) is 7.41. The molecule has 1 aliphatic heterocycles. The minimum absolute atomic E-state index is 0.261. The molecule has 1 unspecified atom stereocenters. The molecule has 2 N–H and O–H groups in total. The predicted octanol–water partition coefficient (Wildman–Crippen LogP) is 5.80. The van der Waals surface area contributed by atoms with Crippen molar-refractivity contribution in [1.82, 2.24) is 4.98 Å². The van der Waals surface area contributed by atoms with E-state index in [9.17, 15) is 0 Å². The van der Waals surface area contributed by atoms with E-state index in [0.717, 1.165) is 47.7 Å². The fourth-order valence-electron chi connectivity index (χ4n) is 4.32. The molecule has 2 aromatic rings. The molecule has 3 nitrogen and oxygen atoms in total. The van der Waals surface area contributed by atoms with Crippen LogP contribution >= 0.6 is 23.1 Å². The first-order valence-electron chi connectivity index (χ1n) is 9.71. The number of aliphatic imine (C=N–C) groups is 1.